The third kappa shape index (κ3) is 1.97. The van der Waals surface area contributed by atoms with Crippen molar-refractivity contribution in [1.82, 2.24) is 10.2 Å². The molecule has 1 aliphatic carbocycles. The largest absolute Gasteiger partial charge is 0.341 e. The molecule has 3 rings (SSSR count). The first-order valence-corrected chi connectivity index (χ1v) is 6.84. The Balaban J connectivity index is 1.53. The van der Waals surface area contributed by atoms with Gasteiger partial charge >= 0.3 is 0 Å². The van der Waals surface area contributed by atoms with E-state index in [-0.39, 0.29) is 0 Å². The van der Waals surface area contributed by atoms with Crippen molar-refractivity contribution < 1.29 is 4.79 Å². The minimum atomic E-state index is 0.418. The van der Waals surface area contributed by atoms with Gasteiger partial charge in [-0.15, -0.1) is 0 Å². The van der Waals surface area contributed by atoms with Crippen molar-refractivity contribution in [3.63, 3.8) is 0 Å². The van der Waals surface area contributed by atoms with Gasteiger partial charge in [0, 0.05) is 25.6 Å². The first kappa shape index (κ1) is 10.6. The number of nitrogens with zero attached hydrogens (tertiary/aromatic N) is 1. The molecule has 2 saturated heterocycles. The number of piperidine rings is 1. The molecular formula is C13H22N2O. The van der Waals surface area contributed by atoms with Gasteiger partial charge in [0.1, 0.15) is 0 Å². The van der Waals surface area contributed by atoms with E-state index in [0.717, 1.165) is 32.0 Å². The van der Waals surface area contributed by atoms with Crippen LogP contribution in [0.25, 0.3) is 0 Å². The highest BCUT2D eigenvalue weighted by Crippen LogP contribution is 2.31. The van der Waals surface area contributed by atoms with Gasteiger partial charge in [-0.05, 0) is 44.1 Å². The van der Waals surface area contributed by atoms with Gasteiger partial charge in [-0.25, -0.2) is 0 Å². The zero-order valence-corrected chi connectivity index (χ0v) is 9.95. The van der Waals surface area contributed by atoms with Crippen LogP contribution < -0.4 is 5.32 Å². The van der Waals surface area contributed by atoms with Crippen LogP contribution in [0.4, 0.5) is 0 Å². The zero-order valence-electron chi connectivity index (χ0n) is 9.95. The fourth-order valence-corrected chi connectivity index (χ4v) is 3.32. The van der Waals surface area contributed by atoms with Gasteiger partial charge in [-0.3, -0.25) is 4.79 Å². The Morgan fingerprint density at radius 1 is 1.19 bits per heavy atom. The van der Waals surface area contributed by atoms with Crippen molar-refractivity contribution in [1.29, 1.82) is 0 Å². The molecular weight excluding hydrogens is 200 g/mol. The quantitative estimate of drug-likeness (QED) is 0.765. The van der Waals surface area contributed by atoms with Crippen molar-refractivity contribution in [2.75, 3.05) is 19.6 Å². The molecule has 16 heavy (non-hydrogen) atoms. The first-order chi connectivity index (χ1) is 7.83. The summed E-state index contributed by atoms with van der Waals surface area (Å²) < 4.78 is 0. The highest BCUT2D eigenvalue weighted by molar-refractivity contribution is 5.77. The molecule has 0 radical (unpaired) electrons. The SMILES string of the molecule is O=C(CC1CCC1)N1CC2CCCNC2C1. The second kappa shape index (κ2) is 4.36. The number of amides is 1. The molecule has 3 heteroatoms. The highest BCUT2D eigenvalue weighted by atomic mass is 16.2. The Kier molecular flexibility index (Phi) is 2.88. The van der Waals surface area contributed by atoms with Gasteiger partial charge in [0.2, 0.25) is 5.91 Å². The third-order valence-corrected chi connectivity index (χ3v) is 4.64. The number of carbonyl (C=O) groups excluding carboxylic acids is 1. The van der Waals surface area contributed by atoms with Crippen LogP contribution in [0.2, 0.25) is 0 Å². The maximum Gasteiger partial charge on any atom is 0.222 e. The van der Waals surface area contributed by atoms with Crippen LogP contribution in [0.15, 0.2) is 0 Å². The standard InChI is InChI=1S/C13H22N2O/c16-13(7-10-3-1-4-10)15-8-11-5-2-6-14-12(11)9-15/h10-12,14H,1-9H2. The predicted octanol–water partition coefficient (Wildman–Crippen LogP) is 1.39. The van der Waals surface area contributed by atoms with Gasteiger partial charge in [-0.1, -0.05) is 6.42 Å². The van der Waals surface area contributed by atoms with E-state index in [9.17, 15) is 4.79 Å². The number of hydrogen-bond donors (Lipinski definition) is 1. The van der Waals surface area contributed by atoms with E-state index < -0.39 is 0 Å². The molecule has 0 aromatic carbocycles. The van der Waals surface area contributed by atoms with Gasteiger partial charge in [0.05, 0.1) is 0 Å². The molecule has 2 unspecified atom stereocenters. The maximum atomic E-state index is 12.1. The predicted molar refractivity (Wildman–Crippen MR) is 63.1 cm³/mol. The molecule has 1 N–H and O–H groups in total. The molecule has 90 valence electrons. The summed E-state index contributed by atoms with van der Waals surface area (Å²) in [5.41, 5.74) is 0. The Morgan fingerprint density at radius 3 is 2.75 bits per heavy atom. The summed E-state index contributed by atoms with van der Waals surface area (Å²) in [6.45, 7) is 3.13. The molecule has 2 aliphatic heterocycles. The van der Waals surface area contributed by atoms with Crippen LogP contribution in [0.1, 0.15) is 38.5 Å². The lowest BCUT2D eigenvalue weighted by Crippen LogP contribution is -2.41. The van der Waals surface area contributed by atoms with Gasteiger partial charge in [0.25, 0.3) is 0 Å². The summed E-state index contributed by atoms with van der Waals surface area (Å²) in [5.74, 6) is 1.86. The number of fused-ring (bicyclic) bond motifs is 1. The van der Waals surface area contributed by atoms with Crippen LogP contribution in [0.3, 0.4) is 0 Å². The normalized spacial score (nSPS) is 34.6. The van der Waals surface area contributed by atoms with E-state index in [1.807, 2.05) is 0 Å². The molecule has 1 amide bonds. The fraction of sp³-hybridized carbons (Fsp3) is 0.923. The average Bonchev–Trinajstić information content (AvgIpc) is 2.66. The van der Waals surface area contributed by atoms with Crippen LogP contribution in [-0.4, -0.2) is 36.5 Å². The van der Waals surface area contributed by atoms with Crippen LogP contribution in [-0.2, 0) is 4.79 Å². The summed E-state index contributed by atoms with van der Waals surface area (Å²) >= 11 is 0. The van der Waals surface area contributed by atoms with Crippen molar-refractivity contribution in [2.45, 2.75) is 44.6 Å². The van der Waals surface area contributed by atoms with E-state index >= 15 is 0 Å². The Hall–Kier alpha value is -0.570. The van der Waals surface area contributed by atoms with Crippen LogP contribution in [0.5, 0.6) is 0 Å². The fourth-order valence-electron chi connectivity index (χ4n) is 3.32. The molecule has 0 aromatic heterocycles. The van der Waals surface area contributed by atoms with E-state index in [1.54, 1.807) is 0 Å². The first-order valence-electron chi connectivity index (χ1n) is 6.84. The van der Waals surface area contributed by atoms with Gasteiger partial charge < -0.3 is 10.2 Å². The monoisotopic (exact) mass is 222 g/mol. The minimum absolute atomic E-state index is 0.418. The highest BCUT2D eigenvalue weighted by Gasteiger charge is 2.37. The maximum absolute atomic E-state index is 12.1. The topological polar surface area (TPSA) is 32.3 Å². The molecule has 0 spiro atoms. The van der Waals surface area contributed by atoms with E-state index in [1.165, 1.54) is 32.1 Å². The molecule has 0 aromatic rings. The average molecular weight is 222 g/mol. The molecule has 3 nitrogen and oxygen atoms in total. The lowest BCUT2D eigenvalue weighted by molar-refractivity contribution is -0.131. The number of nitrogens with one attached hydrogen (secondary N) is 1. The van der Waals surface area contributed by atoms with Crippen molar-refractivity contribution >= 4 is 5.91 Å². The van der Waals surface area contributed by atoms with E-state index in [4.69, 9.17) is 0 Å². The van der Waals surface area contributed by atoms with Crippen molar-refractivity contribution in [3.8, 4) is 0 Å². The smallest absolute Gasteiger partial charge is 0.222 e. The second-order valence-electron chi connectivity index (χ2n) is 5.76. The van der Waals surface area contributed by atoms with Crippen LogP contribution >= 0.6 is 0 Å². The zero-order chi connectivity index (χ0) is 11.0. The van der Waals surface area contributed by atoms with Gasteiger partial charge in [-0.2, -0.15) is 0 Å². The summed E-state index contributed by atoms with van der Waals surface area (Å²) in [5, 5.41) is 3.55. The number of likely N-dealkylation sites (tertiary alicyclic amines) is 1. The summed E-state index contributed by atoms with van der Waals surface area (Å²) in [4.78, 5) is 14.2. The molecule has 3 aliphatic rings. The lowest BCUT2D eigenvalue weighted by Gasteiger charge is -2.27. The molecule has 0 bridgehead atoms. The van der Waals surface area contributed by atoms with Gasteiger partial charge in [0.15, 0.2) is 0 Å². The number of carbonyl (C=O) groups is 1. The molecule has 1 saturated carbocycles. The summed E-state index contributed by atoms with van der Waals surface area (Å²) in [6.07, 6.45) is 7.32. The Labute approximate surface area is 97.6 Å². The lowest BCUT2D eigenvalue weighted by atomic mass is 9.83. The number of rotatable bonds is 2. The minimum Gasteiger partial charge on any atom is -0.341 e. The Morgan fingerprint density at radius 2 is 2.06 bits per heavy atom. The van der Waals surface area contributed by atoms with Crippen molar-refractivity contribution in [2.24, 2.45) is 11.8 Å². The Bertz CT molecular complexity index is 261. The second-order valence-corrected chi connectivity index (χ2v) is 5.76. The van der Waals surface area contributed by atoms with Crippen LogP contribution in [0, 0.1) is 11.8 Å². The third-order valence-electron chi connectivity index (χ3n) is 4.64. The molecule has 2 heterocycles. The molecule has 2 atom stereocenters. The number of hydrogen-bond acceptors (Lipinski definition) is 2. The summed E-state index contributed by atoms with van der Waals surface area (Å²) in [7, 11) is 0. The van der Waals surface area contributed by atoms with E-state index in [2.05, 4.69) is 10.2 Å². The van der Waals surface area contributed by atoms with Crippen molar-refractivity contribution in [3.05, 3.63) is 0 Å². The molecule has 3 fully saturated rings. The summed E-state index contributed by atoms with van der Waals surface area (Å²) in [6, 6.07) is 0.596. The van der Waals surface area contributed by atoms with E-state index in [0.29, 0.717) is 17.9 Å².